The van der Waals surface area contributed by atoms with E-state index >= 15 is 0 Å². The fourth-order valence-corrected chi connectivity index (χ4v) is 16.6. The van der Waals surface area contributed by atoms with Crippen LogP contribution in [0, 0.1) is 23.7 Å². The molecule has 0 spiro atoms. The number of hydrogen-bond acceptors (Lipinski definition) is 4. The van der Waals surface area contributed by atoms with Gasteiger partial charge in [0, 0.05) is 47.0 Å². The molecule has 4 aromatic carbocycles. The van der Waals surface area contributed by atoms with Crippen molar-refractivity contribution in [2.45, 2.75) is 270 Å². The number of rotatable bonds is 26. The second kappa shape index (κ2) is 42.8. The molecule has 4 aliphatic rings. The Morgan fingerprint density at radius 1 is 0.224 bits per heavy atom. The standard InChI is InChI=1S/C24H32ClN.C23H30ClN.C22H28ClN.C21H26ClN/c1-2-3-4-5-6-7-19-8-10-20(11-9-19)21-12-14-22(15-13-21)23-16-17-24(25)26-18-23;1-2-3-4-5-6-18-7-9-19(10-8-18)20-11-13-21(14-12-20)22-15-16-23(24)25-17-22;1-2-3-4-5-17-6-8-18(9-7-17)19-10-12-20(13-11-19)21-14-15-22(23)24-16-21;1-2-3-4-16-5-7-17(8-6-16)18-9-11-19(12-10-18)20-13-14-21(22)23-15-20/h12-20H,2-11H2,1H3;11-19H,2-10H2,1H3;10-18H,2-9H2,1H3;9-17H,2-8H2,1H3/t19-,20-;18-,19-;17-,18-;16-,17-. The summed E-state index contributed by atoms with van der Waals surface area (Å²) in [4.78, 5) is 16.7. The van der Waals surface area contributed by atoms with Gasteiger partial charge in [0.1, 0.15) is 20.6 Å². The zero-order valence-corrected chi connectivity index (χ0v) is 63.2. The van der Waals surface area contributed by atoms with Gasteiger partial charge < -0.3 is 0 Å². The number of halogens is 4. The van der Waals surface area contributed by atoms with Gasteiger partial charge in [0.05, 0.1) is 0 Å². The van der Waals surface area contributed by atoms with Gasteiger partial charge in [-0.2, -0.15) is 0 Å². The summed E-state index contributed by atoms with van der Waals surface area (Å²) in [6, 6.07) is 51.9. The van der Waals surface area contributed by atoms with Crippen molar-refractivity contribution in [1.82, 2.24) is 19.9 Å². The van der Waals surface area contributed by atoms with E-state index in [1.165, 1.54) is 263 Å². The van der Waals surface area contributed by atoms with Gasteiger partial charge >= 0.3 is 0 Å². The van der Waals surface area contributed by atoms with Crippen LogP contribution >= 0.6 is 46.4 Å². The molecular formula is C90H116Cl4N4. The highest BCUT2D eigenvalue weighted by atomic mass is 35.5. The Morgan fingerprint density at radius 2 is 0.418 bits per heavy atom. The highest BCUT2D eigenvalue weighted by Gasteiger charge is 2.26. The molecule has 12 rings (SSSR count). The van der Waals surface area contributed by atoms with Gasteiger partial charge in [-0.25, -0.2) is 19.9 Å². The SMILES string of the molecule is CCCCCCC[C@H]1CC[C@H](c2ccc(-c3ccc(Cl)nc3)cc2)CC1.CCCCCC[C@H]1CC[C@H](c2ccc(-c3ccc(Cl)nc3)cc2)CC1.CCCCC[C@H]1CC[C@H](c2ccc(-c3ccc(Cl)nc3)cc2)CC1.CCCC[C@H]1CC[C@H](c2ccc(-c3ccc(Cl)nc3)cc2)CC1. The third kappa shape index (κ3) is 25.6. The fourth-order valence-electron chi connectivity index (χ4n) is 16.2. The first kappa shape index (κ1) is 76.8. The average Bonchev–Trinajstić information content (AvgIpc) is 0.943. The summed E-state index contributed by atoms with van der Waals surface area (Å²) in [5, 5.41) is 2.19. The Morgan fingerprint density at radius 3 is 0.643 bits per heavy atom. The van der Waals surface area contributed by atoms with E-state index in [2.05, 4.69) is 145 Å². The van der Waals surface area contributed by atoms with Gasteiger partial charge in [-0.05, 0) is 243 Å². The molecule has 0 radical (unpaired) electrons. The minimum atomic E-state index is 0.546. The van der Waals surface area contributed by atoms with Crippen LogP contribution in [0.4, 0.5) is 0 Å². The van der Waals surface area contributed by atoms with Crippen LogP contribution in [0.1, 0.15) is 292 Å². The molecule has 8 heteroatoms. The van der Waals surface area contributed by atoms with E-state index in [4.69, 9.17) is 46.4 Å². The molecule has 524 valence electrons. The molecule has 0 saturated heterocycles. The van der Waals surface area contributed by atoms with Crippen LogP contribution in [-0.4, -0.2) is 19.9 Å². The predicted molar refractivity (Wildman–Crippen MR) is 423 cm³/mol. The molecule has 4 heterocycles. The highest BCUT2D eigenvalue weighted by molar-refractivity contribution is 6.30. The van der Waals surface area contributed by atoms with Crippen LogP contribution in [0.2, 0.25) is 20.6 Å². The Bertz CT molecular complexity index is 3400. The van der Waals surface area contributed by atoms with Gasteiger partial charge in [-0.1, -0.05) is 287 Å². The molecule has 4 fully saturated rings. The summed E-state index contributed by atoms with van der Waals surface area (Å²) in [6.07, 6.45) is 55.0. The first-order valence-electron chi connectivity index (χ1n) is 38.9. The van der Waals surface area contributed by atoms with Crippen molar-refractivity contribution in [2.24, 2.45) is 23.7 Å². The molecular weight excluding hydrogens is 1280 g/mol. The van der Waals surface area contributed by atoms with Crippen LogP contribution in [0.25, 0.3) is 44.5 Å². The Balaban J connectivity index is 0.000000153. The van der Waals surface area contributed by atoms with Crippen molar-refractivity contribution < 1.29 is 0 Å². The minimum absolute atomic E-state index is 0.546. The van der Waals surface area contributed by atoms with E-state index in [0.717, 1.165) is 69.6 Å². The molecule has 0 unspecified atom stereocenters. The Hall–Kier alpha value is -5.36. The second-order valence-electron chi connectivity index (χ2n) is 29.5. The first-order valence-corrected chi connectivity index (χ1v) is 40.4. The lowest BCUT2D eigenvalue weighted by atomic mass is 9.77. The van der Waals surface area contributed by atoms with Gasteiger partial charge in [-0.15, -0.1) is 0 Å². The van der Waals surface area contributed by atoms with Crippen LogP contribution in [-0.2, 0) is 0 Å². The lowest BCUT2D eigenvalue weighted by Gasteiger charge is -2.29. The maximum atomic E-state index is 5.88. The van der Waals surface area contributed by atoms with Gasteiger partial charge in [-0.3, -0.25) is 0 Å². The molecule has 98 heavy (non-hydrogen) atoms. The maximum Gasteiger partial charge on any atom is 0.129 e. The molecule has 0 amide bonds. The molecule has 0 N–H and O–H groups in total. The number of unbranched alkanes of at least 4 members (excludes halogenated alkanes) is 10. The summed E-state index contributed by atoms with van der Waals surface area (Å²) >= 11 is 23.5. The maximum absolute atomic E-state index is 5.88. The molecule has 8 aromatic rings. The Labute approximate surface area is 613 Å². The summed E-state index contributed by atoms with van der Waals surface area (Å²) in [5.41, 5.74) is 15.4. The second-order valence-corrected chi connectivity index (χ2v) is 31.1. The molecule has 0 bridgehead atoms. The molecule has 0 atom stereocenters. The van der Waals surface area contributed by atoms with Crippen LogP contribution in [0.5, 0.6) is 0 Å². The zero-order valence-electron chi connectivity index (χ0n) is 60.1. The van der Waals surface area contributed by atoms with Crippen molar-refractivity contribution >= 4 is 46.4 Å². The third-order valence-electron chi connectivity index (χ3n) is 22.5. The quantitative estimate of drug-likeness (QED) is 0.0400. The van der Waals surface area contributed by atoms with Crippen molar-refractivity contribution in [1.29, 1.82) is 0 Å². The molecule has 4 nitrogen and oxygen atoms in total. The molecule has 4 aromatic heterocycles. The van der Waals surface area contributed by atoms with Crippen molar-refractivity contribution in [3.8, 4) is 44.5 Å². The number of pyridine rings is 4. The fraction of sp³-hybridized carbons (Fsp3) is 0.511. The monoisotopic (exact) mass is 1390 g/mol. The largest absolute Gasteiger partial charge is 0.244 e. The summed E-state index contributed by atoms with van der Waals surface area (Å²) in [6.45, 7) is 9.17. The molecule has 0 aliphatic heterocycles. The topological polar surface area (TPSA) is 51.6 Å². The van der Waals surface area contributed by atoms with Gasteiger partial charge in [0.2, 0.25) is 0 Å². The van der Waals surface area contributed by atoms with Crippen molar-refractivity contribution in [3.63, 3.8) is 0 Å². The third-order valence-corrected chi connectivity index (χ3v) is 23.4. The van der Waals surface area contributed by atoms with Gasteiger partial charge in [0.15, 0.2) is 0 Å². The van der Waals surface area contributed by atoms with E-state index in [9.17, 15) is 0 Å². The van der Waals surface area contributed by atoms with E-state index in [0.29, 0.717) is 20.6 Å². The number of hydrogen-bond donors (Lipinski definition) is 0. The first-order chi connectivity index (χ1) is 48.0. The average molecular weight is 1400 g/mol. The number of aromatic nitrogens is 4. The van der Waals surface area contributed by atoms with E-state index in [-0.39, 0.29) is 0 Å². The number of nitrogens with zero attached hydrogens (tertiary/aromatic N) is 4. The molecule has 4 saturated carbocycles. The predicted octanol–water partition coefficient (Wildman–Crippen LogP) is 29.8. The summed E-state index contributed by atoms with van der Waals surface area (Å²) < 4.78 is 0. The number of benzene rings is 4. The van der Waals surface area contributed by atoms with Crippen LogP contribution in [0.15, 0.2) is 170 Å². The van der Waals surface area contributed by atoms with Crippen molar-refractivity contribution in [3.05, 3.63) is 213 Å². The van der Waals surface area contributed by atoms with Crippen LogP contribution in [0.3, 0.4) is 0 Å². The molecule has 4 aliphatic carbocycles. The zero-order chi connectivity index (χ0) is 68.5. The minimum Gasteiger partial charge on any atom is -0.244 e. The smallest absolute Gasteiger partial charge is 0.129 e. The van der Waals surface area contributed by atoms with E-state index in [1.54, 1.807) is 0 Å². The summed E-state index contributed by atoms with van der Waals surface area (Å²) in [7, 11) is 0. The van der Waals surface area contributed by atoms with E-state index in [1.807, 2.05) is 73.3 Å². The Kier molecular flexibility index (Phi) is 33.5. The lowest BCUT2D eigenvalue weighted by Crippen LogP contribution is -2.13. The van der Waals surface area contributed by atoms with Crippen LogP contribution < -0.4 is 0 Å². The lowest BCUT2D eigenvalue weighted by molar-refractivity contribution is 0.302. The van der Waals surface area contributed by atoms with Crippen molar-refractivity contribution in [2.75, 3.05) is 0 Å². The summed E-state index contributed by atoms with van der Waals surface area (Å²) in [5.74, 6) is 6.93. The van der Waals surface area contributed by atoms with E-state index < -0.39 is 0 Å². The normalized spacial score (nSPS) is 20.7. The van der Waals surface area contributed by atoms with Gasteiger partial charge in [0.25, 0.3) is 0 Å². The highest BCUT2D eigenvalue weighted by Crippen LogP contribution is 2.43.